The number of nitrogens with one attached hydrogen (secondary N) is 1. The Hall–Kier alpha value is -2.23. The first kappa shape index (κ1) is 18.6. The van der Waals surface area contributed by atoms with Crippen molar-refractivity contribution in [3.05, 3.63) is 47.2 Å². The van der Waals surface area contributed by atoms with Crippen LogP contribution in [0.5, 0.6) is 0 Å². The maximum Gasteiger partial charge on any atom is 0.342 e. The molecular formula is C17H21N3O5S. The van der Waals surface area contributed by atoms with Gasteiger partial charge in [0, 0.05) is 32.0 Å². The number of methoxy groups -OCH3 is 1. The standard InChI is InChI=1S/C17H21N3O5S/c1-11-15(17(21)24-3)16(12(2)25-11)26(22,23)20-8-7-19-10-14(20)13-5-4-6-18-9-13/h4-6,9,14,19H,7-8,10H2,1-3H3. The normalized spacial score (nSPS) is 18.7. The molecule has 26 heavy (non-hydrogen) atoms. The van der Waals surface area contributed by atoms with E-state index in [4.69, 9.17) is 9.15 Å². The number of sulfonamides is 1. The van der Waals surface area contributed by atoms with Crippen molar-refractivity contribution in [1.82, 2.24) is 14.6 Å². The number of rotatable bonds is 4. The zero-order valence-corrected chi connectivity index (χ0v) is 15.7. The molecule has 2 aromatic heterocycles. The van der Waals surface area contributed by atoms with Gasteiger partial charge >= 0.3 is 5.97 Å². The molecule has 0 aromatic carbocycles. The van der Waals surface area contributed by atoms with Gasteiger partial charge in [0.25, 0.3) is 0 Å². The van der Waals surface area contributed by atoms with E-state index in [0.717, 1.165) is 5.56 Å². The lowest BCUT2D eigenvalue weighted by Crippen LogP contribution is -2.48. The molecule has 2 aromatic rings. The molecule has 0 aliphatic carbocycles. The Balaban J connectivity index is 2.11. The molecule has 3 rings (SSSR count). The number of aromatic nitrogens is 1. The highest BCUT2D eigenvalue weighted by atomic mass is 32.2. The average molecular weight is 379 g/mol. The van der Waals surface area contributed by atoms with E-state index in [1.807, 2.05) is 6.07 Å². The highest BCUT2D eigenvalue weighted by Gasteiger charge is 2.40. The Morgan fingerprint density at radius 1 is 1.38 bits per heavy atom. The number of hydrogen-bond acceptors (Lipinski definition) is 7. The Bertz CT molecular complexity index is 908. The summed E-state index contributed by atoms with van der Waals surface area (Å²) in [5, 5.41) is 3.21. The van der Waals surface area contributed by atoms with E-state index in [-0.39, 0.29) is 28.5 Å². The minimum atomic E-state index is -3.98. The van der Waals surface area contributed by atoms with Crippen LogP contribution in [0, 0.1) is 13.8 Å². The van der Waals surface area contributed by atoms with Crippen molar-refractivity contribution in [1.29, 1.82) is 0 Å². The fourth-order valence-corrected chi connectivity index (χ4v) is 5.25. The smallest absolute Gasteiger partial charge is 0.342 e. The third-order valence-corrected chi connectivity index (χ3v) is 6.49. The summed E-state index contributed by atoms with van der Waals surface area (Å²) in [4.78, 5) is 16.1. The van der Waals surface area contributed by atoms with Crippen molar-refractivity contribution in [3.63, 3.8) is 0 Å². The second-order valence-electron chi connectivity index (χ2n) is 6.03. The van der Waals surface area contributed by atoms with Crippen LogP contribution in [0.1, 0.15) is 33.5 Å². The minimum Gasteiger partial charge on any atom is -0.465 e. The first-order chi connectivity index (χ1) is 12.4. The first-order valence-electron chi connectivity index (χ1n) is 8.18. The number of hydrogen-bond donors (Lipinski definition) is 1. The summed E-state index contributed by atoms with van der Waals surface area (Å²) in [5.74, 6) is -0.335. The number of aryl methyl sites for hydroxylation is 2. The summed E-state index contributed by atoms with van der Waals surface area (Å²) in [6, 6.07) is 3.17. The van der Waals surface area contributed by atoms with Gasteiger partial charge < -0.3 is 14.5 Å². The van der Waals surface area contributed by atoms with Crippen molar-refractivity contribution in [2.45, 2.75) is 24.8 Å². The van der Waals surface area contributed by atoms with Gasteiger partial charge in [-0.3, -0.25) is 4.98 Å². The van der Waals surface area contributed by atoms with Gasteiger partial charge in [-0.25, -0.2) is 13.2 Å². The van der Waals surface area contributed by atoms with Crippen molar-refractivity contribution in [2.75, 3.05) is 26.7 Å². The molecule has 1 aliphatic heterocycles. The third-order valence-electron chi connectivity index (χ3n) is 4.42. The molecule has 0 radical (unpaired) electrons. The lowest BCUT2D eigenvalue weighted by molar-refractivity contribution is 0.0594. The van der Waals surface area contributed by atoms with E-state index < -0.39 is 22.0 Å². The van der Waals surface area contributed by atoms with Crippen molar-refractivity contribution < 1.29 is 22.4 Å². The topological polar surface area (TPSA) is 102 Å². The van der Waals surface area contributed by atoms with Crippen molar-refractivity contribution in [2.24, 2.45) is 0 Å². The molecule has 1 N–H and O–H groups in total. The number of nitrogens with zero attached hydrogens (tertiary/aromatic N) is 2. The molecule has 0 spiro atoms. The predicted molar refractivity (Wildman–Crippen MR) is 93.3 cm³/mol. The Labute approximate surface area is 152 Å². The first-order valence-corrected chi connectivity index (χ1v) is 9.62. The van der Waals surface area contributed by atoms with Crippen LogP contribution in [0.25, 0.3) is 0 Å². The van der Waals surface area contributed by atoms with Crippen LogP contribution < -0.4 is 5.32 Å². The number of carbonyl (C=O) groups excluding carboxylic acids is 1. The number of pyridine rings is 1. The Morgan fingerprint density at radius 3 is 2.81 bits per heavy atom. The second kappa shape index (κ2) is 7.18. The summed E-state index contributed by atoms with van der Waals surface area (Å²) >= 11 is 0. The van der Waals surface area contributed by atoms with Gasteiger partial charge in [-0.1, -0.05) is 6.07 Å². The number of piperazine rings is 1. The van der Waals surface area contributed by atoms with Gasteiger partial charge in [0.1, 0.15) is 22.0 Å². The van der Waals surface area contributed by atoms with Crippen LogP contribution in [0.4, 0.5) is 0 Å². The Morgan fingerprint density at radius 2 is 2.15 bits per heavy atom. The van der Waals surface area contributed by atoms with E-state index in [1.54, 1.807) is 25.4 Å². The molecule has 1 atom stereocenters. The van der Waals surface area contributed by atoms with Gasteiger partial charge in [-0.05, 0) is 25.5 Å². The van der Waals surface area contributed by atoms with Gasteiger partial charge in [-0.15, -0.1) is 0 Å². The van der Waals surface area contributed by atoms with E-state index in [9.17, 15) is 13.2 Å². The van der Waals surface area contributed by atoms with Crippen LogP contribution in [-0.4, -0.2) is 50.4 Å². The lowest BCUT2D eigenvalue weighted by atomic mass is 10.1. The summed E-state index contributed by atoms with van der Waals surface area (Å²) in [6.07, 6.45) is 3.28. The SMILES string of the molecule is COC(=O)c1c(C)oc(C)c1S(=O)(=O)N1CCNCC1c1cccnc1. The van der Waals surface area contributed by atoms with Gasteiger partial charge in [0.15, 0.2) is 0 Å². The van der Waals surface area contributed by atoms with Crippen molar-refractivity contribution >= 4 is 16.0 Å². The highest BCUT2D eigenvalue weighted by molar-refractivity contribution is 7.89. The quantitative estimate of drug-likeness (QED) is 0.802. The molecule has 8 nitrogen and oxygen atoms in total. The maximum absolute atomic E-state index is 13.5. The molecule has 1 saturated heterocycles. The molecule has 1 unspecified atom stereocenters. The van der Waals surface area contributed by atoms with Crippen molar-refractivity contribution in [3.8, 4) is 0 Å². The van der Waals surface area contributed by atoms with E-state index >= 15 is 0 Å². The van der Waals surface area contributed by atoms with Gasteiger partial charge in [0.05, 0.1) is 13.2 Å². The molecule has 0 amide bonds. The van der Waals surface area contributed by atoms with Crippen LogP contribution in [0.2, 0.25) is 0 Å². The summed E-state index contributed by atoms with van der Waals surface area (Å²) in [6.45, 7) is 4.32. The highest BCUT2D eigenvalue weighted by Crippen LogP contribution is 2.34. The minimum absolute atomic E-state index is 0.0477. The number of carbonyl (C=O) groups is 1. The molecule has 1 fully saturated rings. The molecule has 140 valence electrons. The summed E-state index contributed by atoms with van der Waals surface area (Å²) in [7, 11) is -2.77. The summed E-state index contributed by atoms with van der Waals surface area (Å²) < 4.78 is 38.5. The van der Waals surface area contributed by atoms with Gasteiger partial charge in [-0.2, -0.15) is 4.31 Å². The number of ether oxygens (including phenoxy) is 1. The lowest BCUT2D eigenvalue weighted by Gasteiger charge is -2.35. The number of furan rings is 1. The van der Waals surface area contributed by atoms with Crippen LogP contribution in [0.3, 0.4) is 0 Å². The van der Waals surface area contributed by atoms with Crippen LogP contribution in [0.15, 0.2) is 33.8 Å². The second-order valence-corrected chi connectivity index (χ2v) is 7.86. The largest absolute Gasteiger partial charge is 0.465 e. The summed E-state index contributed by atoms with van der Waals surface area (Å²) in [5.41, 5.74) is 0.731. The van der Waals surface area contributed by atoms with Crippen LogP contribution in [-0.2, 0) is 14.8 Å². The van der Waals surface area contributed by atoms with E-state index in [2.05, 4.69) is 10.3 Å². The average Bonchev–Trinajstić information content (AvgIpc) is 2.96. The molecule has 1 aliphatic rings. The van der Waals surface area contributed by atoms with Crippen LogP contribution >= 0.6 is 0 Å². The zero-order valence-electron chi connectivity index (χ0n) is 14.9. The molecule has 0 bridgehead atoms. The number of esters is 1. The molecule has 9 heteroatoms. The monoisotopic (exact) mass is 379 g/mol. The third kappa shape index (κ3) is 3.13. The molecular weight excluding hydrogens is 358 g/mol. The molecule has 0 saturated carbocycles. The fraction of sp³-hybridized carbons (Fsp3) is 0.412. The maximum atomic E-state index is 13.5. The van der Waals surface area contributed by atoms with E-state index in [1.165, 1.54) is 18.3 Å². The molecule has 3 heterocycles. The zero-order chi connectivity index (χ0) is 18.9. The van der Waals surface area contributed by atoms with E-state index in [0.29, 0.717) is 13.1 Å². The fourth-order valence-electron chi connectivity index (χ4n) is 3.26. The van der Waals surface area contributed by atoms with Gasteiger partial charge in [0.2, 0.25) is 10.0 Å². The predicted octanol–water partition coefficient (Wildman–Crippen LogP) is 1.41. The Kier molecular flexibility index (Phi) is 5.12.